The molecule has 2 fully saturated rings. The Morgan fingerprint density at radius 3 is 2.77 bits per heavy atom. The largest absolute Gasteiger partial charge is 0.368 e. The first kappa shape index (κ1) is 15.0. The summed E-state index contributed by atoms with van der Waals surface area (Å²) in [6, 6.07) is 4.29. The molecule has 1 saturated heterocycles. The molecule has 118 valence electrons. The highest BCUT2D eigenvalue weighted by molar-refractivity contribution is 5.90. The van der Waals surface area contributed by atoms with Gasteiger partial charge in [0.1, 0.15) is 6.04 Å². The zero-order valence-electron chi connectivity index (χ0n) is 12.9. The predicted molar refractivity (Wildman–Crippen MR) is 81.4 cm³/mol. The smallest absolute Gasteiger partial charge is 0.240 e. The lowest BCUT2D eigenvalue weighted by atomic mass is 9.99. The monoisotopic (exact) mass is 302 g/mol. The maximum atomic E-state index is 12.6. The van der Waals surface area contributed by atoms with Crippen molar-refractivity contribution in [2.45, 2.75) is 32.4 Å². The number of hydrogen-bond acceptors (Lipinski definition) is 4. The molecule has 1 aromatic heterocycles. The highest BCUT2D eigenvalue weighted by Gasteiger charge is 2.69. The first-order chi connectivity index (χ1) is 10.3. The average molecular weight is 302 g/mol. The van der Waals surface area contributed by atoms with Gasteiger partial charge in [0.25, 0.3) is 0 Å². The number of amides is 2. The molecule has 4 N–H and O–H groups in total. The van der Waals surface area contributed by atoms with Crippen LogP contribution in [0.4, 0.5) is 0 Å². The maximum Gasteiger partial charge on any atom is 0.240 e. The van der Waals surface area contributed by atoms with Gasteiger partial charge in [0, 0.05) is 24.9 Å². The van der Waals surface area contributed by atoms with E-state index < -0.39 is 18.0 Å². The van der Waals surface area contributed by atoms with Crippen LogP contribution in [0.25, 0.3) is 0 Å². The lowest BCUT2D eigenvalue weighted by Gasteiger charge is -2.30. The van der Waals surface area contributed by atoms with Crippen LogP contribution in [-0.2, 0) is 16.0 Å². The number of nitrogens with two attached hydrogens (primary N) is 2. The number of carbonyl (C=O) groups is 2. The van der Waals surface area contributed by atoms with Gasteiger partial charge in [0.15, 0.2) is 0 Å². The van der Waals surface area contributed by atoms with E-state index in [9.17, 15) is 9.59 Å². The SMILES string of the molecule is CC1(C)[C@@H]2[C@@H](C(N)=O)N(C(=O)[C@@H](N)Cc3ccccn3)C[C@@H]21. The van der Waals surface area contributed by atoms with Gasteiger partial charge in [-0.2, -0.15) is 0 Å². The van der Waals surface area contributed by atoms with Crippen LogP contribution >= 0.6 is 0 Å². The second-order valence-corrected chi connectivity index (χ2v) is 6.92. The molecule has 6 nitrogen and oxygen atoms in total. The van der Waals surface area contributed by atoms with Crippen molar-refractivity contribution < 1.29 is 9.59 Å². The number of primary amides is 1. The molecule has 6 heteroatoms. The minimum Gasteiger partial charge on any atom is -0.368 e. The summed E-state index contributed by atoms with van der Waals surface area (Å²) in [5, 5.41) is 0. The van der Waals surface area contributed by atoms with Crippen LogP contribution in [0.1, 0.15) is 19.5 Å². The van der Waals surface area contributed by atoms with Gasteiger partial charge < -0.3 is 16.4 Å². The van der Waals surface area contributed by atoms with Crippen LogP contribution in [0.3, 0.4) is 0 Å². The highest BCUT2D eigenvalue weighted by atomic mass is 16.2. The van der Waals surface area contributed by atoms with Gasteiger partial charge in [0.05, 0.1) is 6.04 Å². The van der Waals surface area contributed by atoms with E-state index >= 15 is 0 Å². The number of likely N-dealkylation sites (tertiary alicyclic amines) is 1. The molecule has 0 spiro atoms. The summed E-state index contributed by atoms with van der Waals surface area (Å²) in [4.78, 5) is 30.2. The normalized spacial score (nSPS) is 29.8. The van der Waals surface area contributed by atoms with E-state index in [1.54, 1.807) is 11.1 Å². The van der Waals surface area contributed by atoms with Crippen molar-refractivity contribution in [3.8, 4) is 0 Å². The average Bonchev–Trinajstić information content (AvgIpc) is 2.86. The lowest BCUT2D eigenvalue weighted by molar-refractivity contribution is -0.140. The Balaban J connectivity index is 1.71. The van der Waals surface area contributed by atoms with Gasteiger partial charge >= 0.3 is 0 Å². The van der Waals surface area contributed by atoms with Crippen molar-refractivity contribution in [2.75, 3.05) is 6.54 Å². The van der Waals surface area contributed by atoms with Crippen LogP contribution in [0.2, 0.25) is 0 Å². The Kier molecular flexibility index (Phi) is 3.44. The second kappa shape index (κ2) is 5.05. The first-order valence-electron chi connectivity index (χ1n) is 7.59. The number of carbonyl (C=O) groups excluding carboxylic acids is 2. The summed E-state index contributed by atoms with van der Waals surface area (Å²) < 4.78 is 0. The number of piperidine rings is 1. The summed E-state index contributed by atoms with van der Waals surface area (Å²) in [5.41, 5.74) is 12.4. The van der Waals surface area contributed by atoms with Crippen molar-refractivity contribution in [1.29, 1.82) is 0 Å². The van der Waals surface area contributed by atoms with E-state index in [1.807, 2.05) is 18.2 Å². The molecule has 0 aromatic carbocycles. The maximum absolute atomic E-state index is 12.6. The standard InChI is InChI=1S/C16H22N4O2/c1-16(2)10-8-20(13(12(10)16)14(18)21)15(22)11(17)7-9-5-3-4-6-19-9/h3-6,10-13H,7-8,17H2,1-2H3,(H2,18,21)/t10-,11-,12-,13-/m0/s1. The van der Waals surface area contributed by atoms with E-state index in [2.05, 4.69) is 18.8 Å². The summed E-state index contributed by atoms with van der Waals surface area (Å²) in [6.45, 7) is 4.81. The first-order valence-corrected chi connectivity index (χ1v) is 7.59. The molecule has 1 saturated carbocycles. The predicted octanol–water partition coefficient (Wildman–Crippen LogP) is -0.0803. The van der Waals surface area contributed by atoms with Gasteiger partial charge in [-0.15, -0.1) is 0 Å². The van der Waals surface area contributed by atoms with Crippen molar-refractivity contribution >= 4 is 11.8 Å². The topological polar surface area (TPSA) is 102 Å². The number of rotatable bonds is 4. The molecule has 2 heterocycles. The van der Waals surface area contributed by atoms with E-state index in [-0.39, 0.29) is 17.2 Å². The van der Waals surface area contributed by atoms with Crippen molar-refractivity contribution in [3.05, 3.63) is 30.1 Å². The van der Waals surface area contributed by atoms with Gasteiger partial charge in [-0.1, -0.05) is 19.9 Å². The minimum absolute atomic E-state index is 0.0849. The van der Waals surface area contributed by atoms with Crippen molar-refractivity contribution in [3.63, 3.8) is 0 Å². The molecule has 4 atom stereocenters. The Labute approximate surface area is 129 Å². The molecule has 22 heavy (non-hydrogen) atoms. The third kappa shape index (κ3) is 2.27. The van der Waals surface area contributed by atoms with Crippen LogP contribution in [0.15, 0.2) is 24.4 Å². The van der Waals surface area contributed by atoms with E-state index in [1.165, 1.54) is 0 Å². The number of pyridine rings is 1. The molecule has 1 aliphatic heterocycles. The Morgan fingerprint density at radius 1 is 1.45 bits per heavy atom. The summed E-state index contributed by atoms with van der Waals surface area (Å²) in [5.74, 6) is -0.138. The molecule has 0 bridgehead atoms. The van der Waals surface area contributed by atoms with Crippen molar-refractivity contribution in [1.82, 2.24) is 9.88 Å². The fraction of sp³-hybridized carbons (Fsp3) is 0.562. The quantitative estimate of drug-likeness (QED) is 0.812. The number of fused-ring (bicyclic) bond motifs is 1. The molecular weight excluding hydrogens is 280 g/mol. The van der Waals surface area contributed by atoms with Gasteiger partial charge in [-0.05, 0) is 29.4 Å². The number of hydrogen-bond donors (Lipinski definition) is 2. The number of aromatic nitrogens is 1. The third-order valence-corrected chi connectivity index (χ3v) is 5.26. The molecule has 3 rings (SSSR count). The summed E-state index contributed by atoms with van der Waals surface area (Å²) >= 11 is 0. The van der Waals surface area contributed by atoms with Gasteiger partial charge in [-0.3, -0.25) is 14.6 Å². The lowest BCUT2D eigenvalue weighted by Crippen LogP contribution is -2.53. The summed E-state index contributed by atoms with van der Waals surface area (Å²) in [7, 11) is 0. The molecule has 1 aliphatic carbocycles. The zero-order valence-corrected chi connectivity index (χ0v) is 12.9. The third-order valence-electron chi connectivity index (χ3n) is 5.26. The second-order valence-electron chi connectivity index (χ2n) is 6.92. The number of nitrogens with zero attached hydrogens (tertiary/aromatic N) is 2. The highest BCUT2D eigenvalue weighted by Crippen LogP contribution is 2.64. The Morgan fingerprint density at radius 2 is 2.18 bits per heavy atom. The van der Waals surface area contributed by atoms with Crippen LogP contribution in [0, 0.1) is 17.3 Å². The van der Waals surface area contributed by atoms with E-state index in [0.717, 1.165) is 5.69 Å². The van der Waals surface area contributed by atoms with Crippen LogP contribution in [0.5, 0.6) is 0 Å². The van der Waals surface area contributed by atoms with Crippen molar-refractivity contribution in [2.24, 2.45) is 28.7 Å². The van der Waals surface area contributed by atoms with Gasteiger partial charge in [0.2, 0.25) is 11.8 Å². The molecule has 0 unspecified atom stereocenters. The zero-order chi connectivity index (χ0) is 16.1. The van der Waals surface area contributed by atoms with Gasteiger partial charge in [-0.25, -0.2) is 0 Å². The molecule has 2 amide bonds. The minimum atomic E-state index is -0.697. The molecule has 1 aromatic rings. The summed E-state index contributed by atoms with van der Waals surface area (Å²) in [6.07, 6.45) is 2.03. The van der Waals surface area contributed by atoms with Crippen LogP contribution < -0.4 is 11.5 Å². The molecule has 0 radical (unpaired) electrons. The van der Waals surface area contributed by atoms with Crippen LogP contribution in [-0.4, -0.2) is 40.3 Å². The molecule has 2 aliphatic rings. The fourth-order valence-electron chi connectivity index (χ4n) is 3.88. The van der Waals surface area contributed by atoms with E-state index in [0.29, 0.717) is 18.9 Å². The Hall–Kier alpha value is -1.95. The van der Waals surface area contributed by atoms with E-state index in [4.69, 9.17) is 11.5 Å². The fourth-order valence-corrected chi connectivity index (χ4v) is 3.88. The molecular formula is C16H22N4O2. The Bertz CT molecular complexity index is 601.